The van der Waals surface area contributed by atoms with Gasteiger partial charge >= 0.3 is 0 Å². The minimum Gasteiger partial charge on any atom is -0.326 e. The lowest BCUT2D eigenvalue weighted by Gasteiger charge is -2.13. The Hall–Kier alpha value is -1.36. The fourth-order valence-corrected chi connectivity index (χ4v) is 2.96. The molecule has 0 fully saturated rings. The monoisotopic (exact) mass is 297 g/mol. The first kappa shape index (κ1) is 16.7. The highest BCUT2D eigenvalue weighted by molar-refractivity contribution is 7.92. The molecule has 0 aliphatic heterocycles. The summed E-state index contributed by atoms with van der Waals surface area (Å²) in [6.45, 7) is 7.26. The third kappa shape index (κ3) is 3.82. The molecule has 1 rings (SSSR count). The molecule has 20 heavy (non-hydrogen) atoms. The topological polar surface area (TPSA) is 63.2 Å². The number of sulfone groups is 1. The summed E-state index contributed by atoms with van der Waals surface area (Å²) in [5.41, 5.74) is 0.629. The number of hydrogen-bond donors (Lipinski definition) is 1. The second-order valence-corrected chi connectivity index (χ2v) is 7.63. The number of carbonyl (C=O) groups excluding carboxylic acids is 1. The van der Waals surface area contributed by atoms with Crippen LogP contribution in [0.1, 0.15) is 40.5 Å². The molecule has 1 aromatic carbocycles. The summed E-state index contributed by atoms with van der Waals surface area (Å²) in [6, 6.07) is 6.35. The molecule has 0 atom stereocenters. The van der Waals surface area contributed by atoms with Gasteiger partial charge in [-0.3, -0.25) is 4.79 Å². The maximum atomic E-state index is 12.0. The van der Waals surface area contributed by atoms with Gasteiger partial charge in [-0.2, -0.15) is 0 Å². The van der Waals surface area contributed by atoms with E-state index in [0.29, 0.717) is 5.69 Å². The summed E-state index contributed by atoms with van der Waals surface area (Å²) in [6.07, 6.45) is 1.59. The molecule has 0 unspecified atom stereocenters. The molecule has 0 spiro atoms. The zero-order chi connectivity index (χ0) is 15.3. The van der Waals surface area contributed by atoms with Crippen LogP contribution in [0.25, 0.3) is 0 Å². The van der Waals surface area contributed by atoms with E-state index >= 15 is 0 Å². The fourth-order valence-electron chi connectivity index (χ4n) is 1.90. The van der Waals surface area contributed by atoms with Crippen molar-refractivity contribution in [2.75, 3.05) is 5.32 Å². The zero-order valence-corrected chi connectivity index (χ0v) is 13.3. The third-order valence-corrected chi connectivity index (χ3v) is 5.60. The second kappa shape index (κ2) is 6.88. The SMILES string of the molecule is CCC(CC)C(=O)Nc1ccc(S(=O)(=O)C(C)C)cc1. The number of carbonyl (C=O) groups is 1. The Bertz CT molecular complexity index is 543. The van der Waals surface area contributed by atoms with E-state index in [-0.39, 0.29) is 16.7 Å². The highest BCUT2D eigenvalue weighted by atomic mass is 32.2. The lowest BCUT2D eigenvalue weighted by Crippen LogP contribution is -2.21. The maximum absolute atomic E-state index is 12.0. The van der Waals surface area contributed by atoms with Crippen LogP contribution in [-0.4, -0.2) is 19.6 Å². The molecule has 112 valence electrons. The van der Waals surface area contributed by atoms with Crippen LogP contribution >= 0.6 is 0 Å². The molecular weight excluding hydrogens is 274 g/mol. The first-order valence-electron chi connectivity index (χ1n) is 6.97. The summed E-state index contributed by atoms with van der Waals surface area (Å²) in [5.74, 6) is -0.0245. The van der Waals surface area contributed by atoms with Crippen molar-refractivity contribution in [2.45, 2.75) is 50.7 Å². The molecule has 0 heterocycles. The number of amides is 1. The average Bonchev–Trinajstić information content (AvgIpc) is 2.40. The summed E-state index contributed by atoms with van der Waals surface area (Å²) in [7, 11) is -3.26. The molecule has 1 amide bonds. The van der Waals surface area contributed by atoms with Gasteiger partial charge in [0.15, 0.2) is 9.84 Å². The van der Waals surface area contributed by atoms with E-state index in [1.165, 1.54) is 12.1 Å². The van der Waals surface area contributed by atoms with Crippen molar-refractivity contribution in [3.63, 3.8) is 0 Å². The molecule has 0 saturated heterocycles. The highest BCUT2D eigenvalue weighted by Gasteiger charge is 2.19. The Balaban J connectivity index is 2.85. The first-order valence-corrected chi connectivity index (χ1v) is 8.52. The third-order valence-electron chi connectivity index (χ3n) is 3.43. The van der Waals surface area contributed by atoms with E-state index in [1.807, 2.05) is 13.8 Å². The Kier molecular flexibility index (Phi) is 5.74. The minimum atomic E-state index is -3.26. The van der Waals surface area contributed by atoms with Crippen LogP contribution in [0.15, 0.2) is 29.2 Å². The van der Waals surface area contributed by atoms with Crippen LogP contribution in [0, 0.1) is 5.92 Å². The first-order chi connectivity index (χ1) is 9.32. The quantitative estimate of drug-likeness (QED) is 0.876. The average molecular weight is 297 g/mol. The van der Waals surface area contributed by atoms with Gasteiger partial charge in [-0.15, -0.1) is 0 Å². The molecule has 0 aliphatic rings. The molecule has 1 N–H and O–H groups in total. The van der Waals surface area contributed by atoms with Crippen molar-refractivity contribution in [2.24, 2.45) is 5.92 Å². The lowest BCUT2D eigenvalue weighted by atomic mass is 10.0. The molecule has 5 heteroatoms. The number of anilines is 1. The summed E-state index contributed by atoms with van der Waals surface area (Å²) in [5, 5.41) is 2.37. The number of rotatable bonds is 6. The Morgan fingerprint density at radius 1 is 1.10 bits per heavy atom. The van der Waals surface area contributed by atoms with Crippen molar-refractivity contribution in [3.8, 4) is 0 Å². The molecule has 4 nitrogen and oxygen atoms in total. The smallest absolute Gasteiger partial charge is 0.227 e. The lowest BCUT2D eigenvalue weighted by molar-refractivity contribution is -0.120. The molecule has 0 aliphatic carbocycles. The second-order valence-electron chi connectivity index (χ2n) is 5.12. The Labute approximate surface area is 121 Å². The van der Waals surface area contributed by atoms with Crippen LogP contribution in [0.4, 0.5) is 5.69 Å². The van der Waals surface area contributed by atoms with Crippen LogP contribution in [0.2, 0.25) is 0 Å². The van der Waals surface area contributed by atoms with Crippen LogP contribution in [0.5, 0.6) is 0 Å². The normalized spacial score (nSPS) is 11.9. The van der Waals surface area contributed by atoms with Gasteiger partial charge in [0.2, 0.25) is 5.91 Å². The van der Waals surface area contributed by atoms with Crippen molar-refractivity contribution in [3.05, 3.63) is 24.3 Å². The molecule has 0 aromatic heterocycles. The van der Waals surface area contributed by atoms with Gasteiger partial charge in [-0.05, 0) is 51.0 Å². The number of benzene rings is 1. The van der Waals surface area contributed by atoms with Crippen LogP contribution in [-0.2, 0) is 14.6 Å². The van der Waals surface area contributed by atoms with Gasteiger partial charge in [-0.1, -0.05) is 13.8 Å². The molecule has 0 saturated carbocycles. The van der Waals surface area contributed by atoms with E-state index in [4.69, 9.17) is 0 Å². The number of hydrogen-bond acceptors (Lipinski definition) is 3. The van der Waals surface area contributed by atoms with Gasteiger partial charge in [0, 0.05) is 11.6 Å². The van der Waals surface area contributed by atoms with Crippen molar-refractivity contribution in [1.29, 1.82) is 0 Å². The van der Waals surface area contributed by atoms with Crippen molar-refractivity contribution in [1.82, 2.24) is 0 Å². The van der Waals surface area contributed by atoms with Crippen LogP contribution in [0.3, 0.4) is 0 Å². The Morgan fingerprint density at radius 3 is 2.00 bits per heavy atom. The summed E-state index contributed by atoms with van der Waals surface area (Å²) >= 11 is 0. The zero-order valence-electron chi connectivity index (χ0n) is 12.5. The fraction of sp³-hybridized carbons (Fsp3) is 0.533. The van der Waals surface area contributed by atoms with Gasteiger partial charge in [0.05, 0.1) is 10.1 Å². The predicted octanol–water partition coefficient (Wildman–Crippen LogP) is 3.24. The highest BCUT2D eigenvalue weighted by Crippen LogP contribution is 2.19. The van der Waals surface area contributed by atoms with Crippen molar-refractivity contribution >= 4 is 21.4 Å². The van der Waals surface area contributed by atoms with Gasteiger partial charge in [0.1, 0.15) is 0 Å². The van der Waals surface area contributed by atoms with E-state index in [0.717, 1.165) is 12.8 Å². The predicted molar refractivity (Wildman–Crippen MR) is 81.5 cm³/mol. The van der Waals surface area contributed by atoms with E-state index in [9.17, 15) is 13.2 Å². The van der Waals surface area contributed by atoms with Crippen LogP contribution < -0.4 is 5.32 Å². The van der Waals surface area contributed by atoms with Gasteiger partial charge in [-0.25, -0.2) is 8.42 Å². The van der Waals surface area contributed by atoms with E-state index < -0.39 is 15.1 Å². The number of nitrogens with one attached hydrogen (secondary N) is 1. The maximum Gasteiger partial charge on any atom is 0.227 e. The Morgan fingerprint density at radius 2 is 1.60 bits per heavy atom. The van der Waals surface area contributed by atoms with E-state index in [2.05, 4.69) is 5.32 Å². The molecule has 0 bridgehead atoms. The standard InChI is InChI=1S/C15H23NO3S/c1-5-12(6-2)15(17)16-13-7-9-14(10-8-13)20(18,19)11(3)4/h7-12H,5-6H2,1-4H3,(H,16,17). The molecular formula is C15H23NO3S. The largest absolute Gasteiger partial charge is 0.326 e. The molecule has 0 radical (unpaired) electrons. The van der Waals surface area contributed by atoms with E-state index in [1.54, 1.807) is 26.0 Å². The summed E-state index contributed by atoms with van der Waals surface area (Å²) < 4.78 is 24.0. The molecule has 1 aromatic rings. The van der Waals surface area contributed by atoms with Gasteiger partial charge in [0.25, 0.3) is 0 Å². The van der Waals surface area contributed by atoms with Gasteiger partial charge < -0.3 is 5.32 Å². The van der Waals surface area contributed by atoms with Crippen molar-refractivity contribution < 1.29 is 13.2 Å². The minimum absolute atomic E-state index is 0.00549. The summed E-state index contributed by atoms with van der Waals surface area (Å²) in [4.78, 5) is 12.2.